The molecule has 2 aromatic carbocycles. The van der Waals surface area contributed by atoms with Gasteiger partial charge in [0.1, 0.15) is 6.04 Å². The Morgan fingerprint density at radius 2 is 1.71 bits per heavy atom. The van der Waals surface area contributed by atoms with Crippen molar-refractivity contribution in [3.05, 3.63) is 63.1 Å². The largest absolute Gasteiger partial charge is 0.350 e. The van der Waals surface area contributed by atoms with E-state index in [9.17, 15) is 18.0 Å². The van der Waals surface area contributed by atoms with Gasteiger partial charge in [0.15, 0.2) is 0 Å². The van der Waals surface area contributed by atoms with Crippen LogP contribution in [0.5, 0.6) is 0 Å². The predicted molar refractivity (Wildman–Crippen MR) is 156 cm³/mol. The first kappa shape index (κ1) is 31.9. The Kier molecular flexibility index (Phi) is 11.1. The number of amides is 2. The van der Waals surface area contributed by atoms with Crippen molar-refractivity contribution < 1.29 is 18.0 Å². The van der Waals surface area contributed by atoms with Gasteiger partial charge in [0.25, 0.3) is 0 Å². The highest BCUT2D eigenvalue weighted by atomic mass is 35.5. The SMILES string of the molecule is CC[C@@H](C(=O)NC(C)(C)C)N(Cc1ccc(Cl)c(Cl)c1)C(=O)CCCN(c1cccc(C)c1C)S(C)(=O)=O. The summed E-state index contributed by atoms with van der Waals surface area (Å²) in [6.07, 6.45) is 1.93. The van der Waals surface area contributed by atoms with E-state index in [2.05, 4.69) is 5.32 Å². The van der Waals surface area contributed by atoms with Crippen LogP contribution in [0.3, 0.4) is 0 Å². The molecule has 1 atom stereocenters. The summed E-state index contributed by atoms with van der Waals surface area (Å²) >= 11 is 12.3. The van der Waals surface area contributed by atoms with Crippen molar-refractivity contribution in [3.63, 3.8) is 0 Å². The maximum absolute atomic E-state index is 13.6. The summed E-state index contributed by atoms with van der Waals surface area (Å²) in [5.74, 6) is -0.497. The minimum atomic E-state index is -3.57. The second-order valence-electron chi connectivity index (χ2n) is 10.6. The molecular weight excluding hydrogens is 545 g/mol. The van der Waals surface area contributed by atoms with Crippen LogP contribution in [0.1, 0.15) is 63.6 Å². The number of nitrogens with zero attached hydrogens (tertiary/aromatic N) is 2. The number of benzene rings is 2. The van der Waals surface area contributed by atoms with Crippen molar-refractivity contribution in [2.75, 3.05) is 17.1 Å². The molecule has 0 saturated carbocycles. The zero-order valence-electron chi connectivity index (χ0n) is 23.3. The van der Waals surface area contributed by atoms with Gasteiger partial charge in [-0.05, 0) is 82.3 Å². The van der Waals surface area contributed by atoms with Gasteiger partial charge >= 0.3 is 0 Å². The molecule has 0 aromatic heterocycles. The standard InChI is InChI=1S/C28H39Cl2N3O4S/c1-8-24(27(35)31-28(4,5)6)32(18-21-14-15-22(29)23(30)17-21)26(34)13-10-16-33(38(7,36)37)25-12-9-11-19(2)20(25)3/h9,11-12,14-15,17,24H,8,10,13,16,18H2,1-7H3,(H,31,35)/t24-/m0/s1. The normalized spacial score (nSPS) is 12.7. The molecule has 0 aliphatic carbocycles. The average Bonchev–Trinajstić information content (AvgIpc) is 2.79. The lowest BCUT2D eigenvalue weighted by molar-refractivity contribution is -0.142. The van der Waals surface area contributed by atoms with Gasteiger partial charge in [-0.2, -0.15) is 0 Å². The van der Waals surface area contributed by atoms with Gasteiger partial charge in [-0.25, -0.2) is 8.42 Å². The topological polar surface area (TPSA) is 86.8 Å². The maximum atomic E-state index is 13.6. The molecule has 0 bridgehead atoms. The van der Waals surface area contributed by atoms with Gasteiger partial charge in [0, 0.05) is 25.0 Å². The molecule has 2 rings (SSSR count). The van der Waals surface area contributed by atoms with Gasteiger partial charge < -0.3 is 10.2 Å². The highest BCUT2D eigenvalue weighted by Gasteiger charge is 2.31. The smallest absolute Gasteiger partial charge is 0.243 e. The number of hydrogen-bond donors (Lipinski definition) is 1. The van der Waals surface area contributed by atoms with Crippen molar-refractivity contribution in [1.82, 2.24) is 10.2 Å². The van der Waals surface area contributed by atoms with Crippen LogP contribution in [0.4, 0.5) is 5.69 Å². The second kappa shape index (κ2) is 13.2. The predicted octanol–water partition coefficient (Wildman–Crippen LogP) is 5.88. The molecule has 0 heterocycles. The monoisotopic (exact) mass is 583 g/mol. The van der Waals surface area contributed by atoms with E-state index in [0.717, 1.165) is 22.9 Å². The average molecular weight is 585 g/mol. The zero-order chi connectivity index (χ0) is 28.8. The molecule has 0 spiro atoms. The summed E-state index contributed by atoms with van der Waals surface area (Å²) in [6.45, 7) is 11.6. The van der Waals surface area contributed by atoms with Gasteiger partial charge in [-0.1, -0.05) is 48.3 Å². The fraction of sp³-hybridized carbons (Fsp3) is 0.500. The van der Waals surface area contributed by atoms with Crippen molar-refractivity contribution in [1.29, 1.82) is 0 Å². The van der Waals surface area contributed by atoms with E-state index in [0.29, 0.717) is 22.2 Å². The summed E-state index contributed by atoms with van der Waals surface area (Å²) in [5, 5.41) is 3.73. The molecule has 1 N–H and O–H groups in total. The van der Waals surface area contributed by atoms with Crippen molar-refractivity contribution in [2.24, 2.45) is 0 Å². The summed E-state index contributed by atoms with van der Waals surface area (Å²) in [6, 6.07) is 9.93. The Hall–Kier alpha value is -2.29. The molecule has 7 nitrogen and oxygen atoms in total. The fourth-order valence-corrected chi connectivity index (χ4v) is 5.53. The Morgan fingerprint density at radius 1 is 1.05 bits per heavy atom. The van der Waals surface area contributed by atoms with E-state index in [1.54, 1.807) is 29.2 Å². The van der Waals surface area contributed by atoms with E-state index < -0.39 is 21.6 Å². The summed E-state index contributed by atoms with van der Waals surface area (Å²) in [5.41, 5.74) is 2.72. The van der Waals surface area contributed by atoms with E-state index >= 15 is 0 Å². The summed E-state index contributed by atoms with van der Waals surface area (Å²) in [4.78, 5) is 28.3. The van der Waals surface area contributed by atoms with Crippen molar-refractivity contribution in [3.8, 4) is 0 Å². The first-order chi connectivity index (χ1) is 17.5. The Balaban J connectivity index is 2.30. The number of halogens is 2. The molecule has 2 amide bonds. The number of aryl methyl sites for hydroxylation is 1. The number of sulfonamides is 1. The van der Waals surface area contributed by atoms with Crippen LogP contribution in [0, 0.1) is 13.8 Å². The van der Waals surface area contributed by atoms with Crippen LogP contribution in [-0.4, -0.2) is 49.5 Å². The van der Waals surface area contributed by atoms with E-state index in [1.807, 2.05) is 53.7 Å². The molecule has 2 aromatic rings. The van der Waals surface area contributed by atoms with Crippen LogP contribution in [0.2, 0.25) is 10.0 Å². The lowest BCUT2D eigenvalue weighted by Gasteiger charge is -2.33. The molecule has 210 valence electrons. The maximum Gasteiger partial charge on any atom is 0.243 e. The lowest BCUT2D eigenvalue weighted by Crippen LogP contribution is -2.53. The Labute approximate surface area is 237 Å². The third-order valence-corrected chi connectivity index (χ3v) is 8.14. The number of carbonyl (C=O) groups excluding carboxylic acids is 2. The molecule has 0 aliphatic rings. The van der Waals surface area contributed by atoms with E-state index in [1.165, 1.54) is 4.31 Å². The number of hydrogen-bond acceptors (Lipinski definition) is 4. The molecule has 0 radical (unpaired) electrons. The van der Waals surface area contributed by atoms with Crippen LogP contribution in [0.25, 0.3) is 0 Å². The number of anilines is 1. The zero-order valence-corrected chi connectivity index (χ0v) is 25.6. The minimum absolute atomic E-state index is 0.0670. The highest BCUT2D eigenvalue weighted by Crippen LogP contribution is 2.27. The highest BCUT2D eigenvalue weighted by molar-refractivity contribution is 7.92. The molecule has 0 saturated heterocycles. The first-order valence-corrected chi connectivity index (χ1v) is 15.2. The van der Waals surface area contributed by atoms with Gasteiger partial charge in [-0.15, -0.1) is 0 Å². The van der Waals surface area contributed by atoms with E-state index in [4.69, 9.17) is 23.2 Å². The number of rotatable bonds is 11. The Bertz CT molecular complexity index is 1260. The Morgan fingerprint density at radius 3 is 2.26 bits per heavy atom. The van der Waals surface area contributed by atoms with Crippen LogP contribution in [-0.2, 0) is 26.2 Å². The van der Waals surface area contributed by atoms with Crippen molar-refractivity contribution in [2.45, 2.75) is 78.9 Å². The van der Waals surface area contributed by atoms with Gasteiger partial charge in [-0.3, -0.25) is 13.9 Å². The number of nitrogens with one attached hydrogen (secondary N) is 1. The third-order valence-electron chi connectivity index (χ3n) is 6.22. The molecule has 10 heteroatoms. The lowest BCUT2D eigenvalue weighted by atomic mass is 10.0. The molecular formula is C28H39Cl2N3O4S. The summed E-state index contributed by atoms with van der Waals surface area (Å²) < 4.78 is 26.6. The molecule has 38 heavy (non-hydrogen) atoms. The fourth-order valence-electron chi connectivity index (χ4n) is 4.20. The second-order valence-corrected chi connectivity index (χ2v) is 13.3. The number of carbonyl (C=O) groups is 2. The van der Waals surface area contributed by atoms with Gasteiger partial charge in [0.05, 0.1) is 22.0 Å². The van der Waals surface area contributed by atoms with Crippen molar-refractivity contribution >= 4 is 50.7 Å². The molecule has 0 fully saturated rings. The van der Waals surface area contributed by atoms with Crippen LogP contribution >= 0.6 is 23.2 Å². The minimum Gasteiger partial charge on any atom is -0.350 e. The molecule has 0 aliphatic heterocycles. The van der Waals surface area contributed by atoms with Crippen LogP contribution in [0.15, 0.2) is 36.4 Å². The van der Waals surface area contributed by atoms with Gasteiger partial charge in [0.2, 0.25) is 21.8 Å². The van der Waals surface area contributed by atoms with Crippen LogP contribution < -0.4 is 9.62 Å². The third kappa shape index (κ3) is 8.89. The first-order valence-electron chi connectivity index (χ1n) is 12.6. The summed E-state index contributed by atoms with van der Waals surface area (Å²) in [7, 11) is -3.57. The molecule has 0 unspecified atom stereocenters. The quantitative estimate of drug-likeness (QED) is 0.358. The van der Waals surface area contributed by atoms with E-state index in [-0.39, 0.29) is 37.7 Å².